The second-order valence-electron chi connectivity index (χ2n) is 11.6. The highest BCUT2D eigenvalue weighted by molar-refractivity contribution is 7.98. The SMILES string of the molecule is CSc1ncc2cc(Oc3ccc(F)cc3F)c(=O)[nH]c2n1.C[C@H](O)Cn1c(=O)c(Oc2ccc(F)cc2F)cc2cnc(S(C)(=O)=O)nc21.C[C@H]1CO1. The lowest BCUT2D eigenvalue weighted by Crippen LogP contribution is -2.27. The Bertz CT molecular complexity index is 2570. The lowest BCUT2D eigenvalue weighted by molar-refractivity contribution is 0.173. The van der Waals surface area contributed by atoms with Crippen LogP contribution in [-0.2, 0) is 21.1 Å². The number of aromatic nitrogens is 6. The van der Waals surface area contributed by atoms with Crippen molar-refractivity contribution in [3.8, 4) is 23.0 Å². The number of sulfone groups is 1. The molecule has 0 unspecified atom stereocenters. The molecule has 284 valence electrons. The van der Waals surface area contributed by atoms with E-state index in [9.17, 15) is 40.7 Å². The first-order chi connectivity index (χ1) is 25.5. The van der Waals surface area contributed by atoms with Crippen LogP contribution in [-0.4, -0.2) is 74.3 Å². The molecule has 54 heavy (non-hydrogen) atoms. The Morgan fingerprint density at radius 3 is 2.00 bits per heavy atom. The molecular weight excluding hydrogens is 761 g/mol. The number of aromatic amines is 1. The van der Waals surface area contributed by atoms with Gasteiger partial charge in [-0.2, -0.15) is 4.98 Å². The minimum Gasteiger partial charge on any atom is -0.448 e. The Labute approximate surface area is 307 Å². The number of hydrogen-bond donors (Lipinski definition) is 2. The summed E-state index contributed by atoms with van der Waals surface area (Å²) in [5, 5.41) is 10.5. The highest BCUT2D eigenvalue weighted by atomic mass is 32.2. The van der Waals surface area contributed by atoms with Crippen molar-refractivity contribution in [1.82, 2.24) is 29.5 Å². The van der Waals surface area contributed by atoms with Crippen LogP contribution in [0.2, 0.25) is 0 Å². The van der Waals surface area contributed by atoms with Crippen molar-refractivity contribution >= 4 is 43.7 Å². The van der Waals surface area contributed by atoms with Crippen molar-refractivity contribution in [2.75, 3.05) is 19.1 Å². The molecule has 5 heterocycles. The third kappa shape index (κ3) is 10.2. The van der Waals surface area contributed by atoms with Crippen molar-refractivity contribution in [1.29, 1.82) is 0 Å². The van der Waals surface area contributed by atoms with Crippen LogP contribution in [0.15, 0.2) is 80.8 Å². The van der Waals surface area contributed by atoms with Gasteiger partial charge in [-0.25, -0.2) is 40.9 Å². The standard InChI is InChI=1S/C17H15F2N3O5S.C14H9F2N3O2S.C3H6O/c1-9(23)8-22-15-10(7-20-17(21-15)28(2,25)26)5-14(16(22)24)27-13-4-3-11(18)6-12(13)19;1-22-14-17-6-7-4-11(13(20)18-12(7)19-14)21-10-3-2-8(15)5-9(10)16;1-3-2-4-3/h3-7,9,23H,8H2,1-2H3;2-6H,1H3,(H,17,18,19,20);3H,2H2,1H3/t9-;;3-/m0.0/s1. The van der Waals surface area contributed by atoms with Gasteiger partial charge in [-0.05, 0) is 56.5 Å². The number of aliphatic hydroxyl groups excluding tert-OH is 1. The maximum Gasteiger partial charge on any atom is 0.295 e. The second kappa shape index (κ2) is 16.7. The van der Waals surface area contributed by atoms with Crippen molar-refractivity contribution < 1.29 is 45.3 Å². The van der Waals surface area contributed by atoms with E-state index in [1.54, 1.807) is 0 Å². The van der Waals surface area contributed by atoms with E-state index in [0.29, 0.717) is 34.4 Å². The number of aliphatic hydroxyl groups is 1. The topological polar surface area (TPSA) is 192 Å². The van der Waals surface area contributed by atoms with Crippen molar-refractivity contribution in [3.63, 3.8) is 0 Å². The van der Waals surface area contributed by atoms with E-state index in [0.717, 1.165) is 41.7 Å². The van der Waals surface area contributed by atoms with Crippen LogP contribution >= 0.6 is 11.8 Å². The molecule has 7 rings (SSSR count). The van der Waals surface area contributed by atoms with E-state index in [1.807, 2.05) is 6.26 Å². The van der Waals surface area contributed by atoms with Crippen LogP contribution in [0.4, 0.5) is 17.6 Å². The van der Waals surface area contributed by atoms with E-state index in [2.05, 4.69) is 31.8 Å². The molecule has 1 aliphatic heterocycles. The zero-order valence-electron chi connectivity index (χ0n) is 28.7. The van der Waals surface area contributed by atoms with Crippen molar-refractivity contribution in [2.45, 2.75) is 42.9 Å². The molecule has 0 aliphatic carbocycles. The Hall–Kier alpha value is -5.44. The summed E-state index contributed by atoms with van der Waals surface area (Å²) in [6.07, 6.45) is 5.03. The van der Waals surface area contributed by atoms with Gasteiger partial charge in [0.25, 0.3) is 11.1 Å². The van der Waals surface area contributed by atoms with Gasteiger partial charge in [0.05, 0.1) is 25.4 Å². The summed E-state index contributed by atoms with van der Waals surface area (Å²) in [7, 11) is -3.74. The van der Waals surface area contributed by atoms with Gasteiger partial charge in [-0.3, -0.25) is 14.2 Å². The highest BCUT2D eigenvalue weighted by Crippen LogP contribution is 2.26. The van der Waals surface area contributed by atoms with Gasteiger partial charge < -0.3 is 24.3 Å². The smallest absolute Gasteiger partial charge is 0.295 e. The number of H-pyrrole nitrogens is 1. The minimum atomic E-state index is -3.74. The highest BCUT2D eigenvalue weighted by Gasteiger charge is 2.19. The summed E-state index contributed by atoms with van der Waals surface area (Å²) >= 11 is 1.34. The van der Waals surface area contributed by atoms with E-state index >= 15 is 0 Å². The molecule has 0 bridgehead atoms. The summed E-state index contributed by atoms with van der Waals surface area (Å²) in [5.74, 6) is -4.51. The first-order valence-corrected chi connectivity index (χ1v) is 18.7. The number of thioether (sulfide) groups is 1. The normalized spacial score (nSPS) is 14.1. The Kier molecular flexibility index (Phi) is 12.3. The summed E-state index contributed by atoms with van der Waals surface area (Å²) in [5.41, 5.74) is -1.03. The number of nitrogens with zero attached hydrogens (tertiary/aromatic N) is 5. The van der Waals surface area contributed by atoms with Crippen molar-refractivity contribution in [3.05, 3.63) is 105 Å². The molecule has 4 aromatic heterocycles. The number of ether oxygens (including phenoxy) is 3. The van der Waals surface area contributed by atoms with Gasteiger partial charge in [0.1, 0.15) is 22.9 Å². The first kappa shape index (κ1) is 39.8. The number of nitrogens with one attached hydrogen (secondary N) is 1. The number of pyridine rings is 2. The molecule has 20 heteroatoms. The second-order valence-corrected chi connectivity index (χ2v) is 14.3. The minimum absolute atomic E-state index is 0.0340. The molecule has 1 fully saturated rings. The maximum atomic E-state index is 13.9. The van der Waals surface area contributed by atoms with Gasteiger partial charge in [0.15, 0.2) is 39.8 Å². The van der Waals surface area contributed by atoms with Gasteiger partial charge in [0.2, 0.25) is 15.0 Å². The van der Waals surface area contributed by atoms with Gasteiger partial charge in [-0.1, -0.05) is 11.8 Å². The average molecular weight is 791 g/mol. The zero-order valence-corrected chi connectivity index (χ0v) is 30.3. The fraction of sp³-hybridized carbons (Fsp3) is 0.235. The number of hydrogen-bond acceptors (Lipinski definition) is 13. The Morgan fingerprint density at radius 2 is 1.48 bits per heavy atom. The molecule has 0 saturated carbocycles. The number of epoxide rings is 1. The van der Waals surface area contributed by atoms with Crippen LogP contribution in [0.25, 0.3) is 22.1 Å². The summed E-state index contributed by atoms with van der Waals surface area (Å²) in [6.45, 7) is 4.24. The monoisotopic (exact) mass is 790 g/mol. The molecule has 1 aliphatic rings. The third-order valence-electron chi connectivity index (χ3n) is 7.00. The van der Waals surface area contributed by atoms with Crippen LogP contribution in [0.3, 0.4) is 0 Å². The zero-order chi connectivity index (χ0) is 39.3. The molecule has 2 atom stereocenters. The first-order valence-electron chi connectivity index (χ1n) is 15.6. The van der Waals surface area contributed by atoms with Crippen LogP contribution in [0.5, 0.6) is 23.0 Å². The van der Waals surface area contributed by atoms with Crippen LogP contribution in [0.1, 0.15) is 13.8 Å². The lowest BCUT2D eigenvalue weighted by atomic mass is 10.3. The predicted molar refractivity (Wildman–Crippen MR) is 189 cm³/mol. The van der Waals surface area contributed by atoms with Crippen molar-refractivity contribution in [2.24, 2.45) is 0 Å². The molecular formula is C34H30F4N6O8S2. The fourth-order valence-corrected chi connectivity index (χ4v) is 5.22. The van der Waals surface area contributed by atoms with E-state index in [-0.39, 0.29) is 40.6 Å². The molecule has 1 saturated heterocycles. The van der Waals surface area contributed by atoms with Gasteiger partial charge in [0, 0.05) is 41.6 Å². The molecule has 0 radical (unpaired) electrons. The Morgan fingerprint density at radius 1 is 0.926 bits per heavy atom. The molecule has 2 aromatic carbocycles. The molecule has 14 nitrogen and oxygen atoms in total. The molecule has 0 spiro atoms. The van der Waals surface area contributed by atoms with Gasteiger partial charge >= 0.3 is 0 Å². The van der Waals surface area contributed by atoms with Gasteiger partial charge in [-0.15, -0.1) is 0 Å². The summed E-state index contributed by atoms with van der Waals surface area (Å²) in [4.78, 5) is 43.2. The maximum absolute atomic E-state index is 13.9. The Balaban J connectivity index is 0.000000192. The van der Waals surface area contributed by atoms with Crippen LogP contribution in [0, 0.1) is 23.3 Å². The number of fused-ring (bicyclic) bond motifs is 2. The summed E-state index contributed by atoms with van der Waals surface area (Å²) < 4.78 is 93.0. The number of benzene rings is 2. The molecule has 0 amide bonds. The lowest BCUT2D eigenvalue weighted by Gasteiger charge is -2.14. The predicted octanol–water partition coefficient (Wildman–Crippen LogP) is 5.16. The largest absolute Gasteiger partial charge is 0.448 e. The average Bonchev–Trinajstić information content (AvgIpc) is 3.90. The quantitative estimate of drug-likeness (QED) is 0.0890. The van der Waals surface area contributed by atoms with Crippen LogP contribution < -0.4 is 20.6 Å². The molecule has 2 N–H and O–H groups in total. The third-order valence-corrected chi connectivity index (χ3v) is 8.42. The van der Waals surface area contributed by atoms with E-state index in [4.69, 9.17) is 14.2 Å². The van der Waals surface area contributed by atoms with E-state index in [1.165, 1.54) is 43.2 Å². The van der Waals surface area contributed by atoms with E-state index < -0.39 is 55.5 Å². The molecule has 6 aromatic rings. The number of halogens is 4. The number of rotatable bonds is 8. The summed E-state index contributed by atoms with van der Waals surface area (Å²) in [6, 6.07) is 8.05. The fourth-order valence-electron chi connectivity index (χ4n) is 4.38.